The molecule has 23 heavy (non-hydrogen) atoms. The van der Waals surface area contributed by atoms with Crippen molar-refractivity contribution in [1.29, 1.82) is 0 Å². The van der Waals surface area contributed by atoms with Crippen molar-refractivity contribution >= 4 is 20.3 Å². The Bertz CT molecular complexity index is 614. The van der Waals surface area contributed by atoms with E-state index in [1.54, 1.807) is 19.1 Å². The molecule has 0 bridgehead atoms. The smallest absolute Gasteiger partial charge is 0.341 e. The van der Waals surface area contributed by atoms with Crippen LogP contribution in [0.25, 0.3) is 0 Å². The molecule has 1 rings (SSSR count). The first-order valence-corrected chi connectivity index (χ1v) is 10.4. The molecule has 0 spiro atoms. The average molecular weight is 338 g/mol. The number of hydrogen-bond donors (Lipinski definition) is 0. The minimum atomic E-state index is -2.14. The van der Waals surface area contributed by atoms with Crippen LogP contribution in [0.15, 0.2) is 12.1 Å². The maximum Gasteiger partial charge on any atom is 0.341 e. The molecule has 0 aliphatic carbocycles. The van der Waals surface area contributed by atoms with Gasteiger partial charge in [-0.3, -0.25) is 0 Å². The molecular formula is C17H26O5Si. The molecule has 0 aromatic heterocycles. The Kier molecular flexibility index (Phi) is 5.63. The lowest BCUT2D eigenvalue weighted by Gasteiger charge is -2.37. The predicted molar refractivity (Wildman–Crippen MR) is 91.7 cm³/mol. The van der Waals surface area contributed by atoms with Crippen LogP contribution in [-0.2, 0) is 9.47 Å². The molecule has 128 valence electrons. The summed E-state index contributed by atoms with van der Waals surface area (Å²) in [4.78, 5) is 24.1. The Hall–Kier alpha value is -1.82. The lowest BCUT2D eigenvalue weighted by Crippen LogP contribution is -2.44. The van der Waals surface area contributed by atoms with Crippen molar-refractivity contribution < 1.29 is 23.5 Å². The molecule has 6 heteroatoms. The number of methoxy groups -OCH3 is 2. The van der Waals surface area contributed by atoms with Crippen molar-refractivity contribution in [2.24, 2.45) is 0 Å². The average Bonchev–Trinajstić information content (AvgIpc) is 2.44. The number of hydrogen-bond acceptors (Lipinski definition) is 5. The van der Waals surface area contributed by atoms with Gasteiger partial charge in [-0.15, -0.1) is 0 Å². The first kappa shape index (κ1) is 19.2. The highest BCUT2D eigenvalue weighted by Gasteiger charge is 2.40. The van der Waals surface area contributed by atoms with Gasteiger partial charge in [-0.2, -0.15) is 0 Å². The summed E-state index contributed by atoms with van der Waals surface area (Å²) in [5, 5.41) is -0.0185. The zero-order valence-corrected chi connectivity index (χ0v) is 16.2. The van der Waals surface area contributed by atoms with Crippen LogP contribution in [0.4, 0.5) is 0 Å². The number of carbonyl (C=O) groups is 2. The second-order valence-electron chi connectivity index (χ2n) is 6.96. The van der Waals surface area contributed by atoms with Crippen molar-refractivity contribution in [2.75, 3.05) is 14.2 Å². The standard InChI is InChI=1S/C17H26O5Si/c1-11-12(15(18)20-5)9-10-13(14(11)16(19)21-6)22-23(7,8)17(2,3)4/h9-10H,1-8H3. The van der Waals surface area contributed by atoms with Crippen LogP contribution in [-0.4, -0.2) is 34.5 Å². The van der Waals surface area contributed by atoms with Gasteiger partial charge in [0.1, 0.15) is 11.3 Å². The van der Waals surface area contributed by atoms with Crippen molar-refractivity contribution in [3.63, 3.8) is 0 Å². The van der Waals surface area contributed by atoms with E-state index >= 15 is 0 Å². The van der Waals surface area contributed by atoms with E-state index in [9.17, 15) is 9.59 Å². The second-order valence-corrected chi connectivity index (χ2v) is 11.7. The summed E-state index contributed by atoms with van der Waals surface area (Å²) in [6.07, 6.45) is 0. The molecule has 0 radical (unpaired) electrons. The Labute approximate surface area is 139 Å². The van der Waals surface area contributed by atoms with Gasteiger partial charge in [0, 0.05) is 0 Å². The van der Waals surface area contributed by atoms with Gasteiger partial charge in [-0.1, -0.05) is 20.8 Å². The van der Waals surface area contributed by atoms with E-state index in [0.29, 0.717) is 16.9 Å². The molecule has 0 unspecified atom stereocenters. The fourth-order valence-electron chi connectivity index (χ4n) is 1.89. The third-order valence-corrected chi connectivity index (χ3v) is 8.74. The van der Waals surface area contributed by atoms with Gasteiger partial charge in [-0.25, -0.2) is 9.59 Å². The molecule has 0 aliphatic rings. The summed E-state index contributed by atoms with van der Waals surface area (Å²) >= 11 is 0. The lowest BCUT2D eigenvalue weighted by molar-refractivity contribution is 0.0596. The normalized spacial score (nSPS) is 11.8. The van der Waals surface area contributed by atoms with Crippen LogP contribution >= 0.6 is 0 Å². The van der Waals surface area contributed by atoms with E-state index in [1.807, 2.05) is 0 Å². The monoisotopic (exact) mass is 338 g/mol. The van der Waals surface area contributed by atoms with Crippen LogP contribution in [0.2, 0.25) is 18.1 Å². The molecule has 0 heterocycles. The Morgan fingerprint density at radius 1 is 1.00 bits per heavy atom. The largest absolute Gasteiger partial charge is 0.543 e. The zero-order chi connectivity index (χ0) is 18.0. The highest BCUT2D eigenvalue weighted by atomic mass is 28.4. The van der Waals surface area contributed by atoms with E-state index in [4.69, 9.17) is 13.9 Å². The molecule has 0 fully saturated rings. The minimum absolute atomic E-state index is 0.0185. The summed E-state index contributed by atoms with van der Waals surface area (Å²) in [5.41, 5.74) is 1.11. The van der Waals surface area contributed by atoms with Crippen LogP contribution in [0.1, 0.15) is 47.1 Å². The van der Waals surface area contributed by atoms with Crippen molar-refractivity contribution in [3.8, 4) is 5.75 Å². The van der Waals surface area contributed by atoms with E-state index in [2.05, 4.69) is 33.9 Å². The predicted octanol–water partition coefficient (Wildman–Crippen LogP) is 3.95. The maximum absolute atomic E-state index is 12.2. The summed E-state index contributed by atoms with van der Waals surface area (Å²) in [5.74, 6) is -0.568. The third kappa shape index (κ3) is 3.93. The van der Waals surface area contributed by atoms with E-state index in [0.717, 1.165) is 0 Å². The van der Waals surface area contributed by atoms with Gasteiger partial charge < -0.3 is 13.9 Å². The molecule has 0 saturated carbocycles. The third-order valence-electron chi connectivity index (χ3n) is 4.39. The van der Waals surface area contributed by atoms with Crippen LogP contribution in [0.5, 0.6) is 5.75 Å². The zero-order valence-electron chi connectivity index (χ0n) is 15.2. The maximum atomic E-state index is 12.2. The first-order chi connectivity index (χ1) is 10.5. The van der Waals surface area contributed by atoms with Gasteiger partial charge in [0.15, 0.2) is 0 Å². The molecule has 1 aromatic rings. The van der Waals surface area contributed by atoms with Crippen molar-refractivity contribution in [3.05, 3.63) is 28.8 Å². The number of rotatable bonds is 4. The molecular weight excluding hydrogens is 312 g/mol. The van der Waals surface area contributed by atoms with Crippen molar-refractivity contribution in [2.45, 2.75) is 45.8 Å². The quantitative estimate of drug-likeness (QED) is 0.614. The van der Waals surface area contributed by atoms with Gasteiger partial charge in [0.05, 0.1) is 19.8 Å². The van der Waals surface area contributed by atoms with Crippen LogP contribution < -0.4 is 4.43 Å². The summed E-state index contributed by atoms with van der Waals surface area (Å²) in [7, 11) is 0.478. The topological polar surface area (TPSA) is 61.8 Å². The fourth-order valence-corrected chi connectivity index (χ4v) is 2.91. The molecule has 0 N–H and O–H groups in total. The highest BCUT2D eigenvalue weighted by Crippen LogP contribution is 2.39. The second kappa shape index (κ2) is 6.74. The Balaban J connectivity index is 3.47. The molecule has 0 atom stereocenters. The summed E-state index contributed by atoms with van der Waals surface area (Å²) in [6, 6.07) is 3.27. The molecule has 1 aromatic carbocycles. The highest BCUT2D eigenvalue weighted by molar-refractivity contribution is 6.74. The van der Waals surface area contributed by atoms with Crippen molar-refractivity contribution in [1.82, 2.24) is 0 Å². The van der Waals surface area contributed by atoms with Crippen LogP contribution in [0.3, 0.4) is 0 Å². The van der Waals surface area contributed by atoms with Gasteiger partial charge in [-0.05, 0) is 42.8 Å². The van der Waals surface area contributed by atoms with Gasteiger partial charge >= 0.3 is 11.9 Å². The van der Waals surface area contributed by atoms with Gasteiger partial charge in [0.25, 0.3) is 8.32 Å². The number of carbonyl (C=O) groups excluding carboxylic acids is 2. The first-order valence-electron chi connectivity index (χ1n) is 7.45. The number of esters is 2. The van der Waals surface area contributed by atoms with Crippen LogP contribution in [0, 0.1) is 6.92 Å². The van der Waals surface area contributed by atoms with E-state index in [1.165, 1.54) is 14.2 Å². The molecule has 5 nitrogen and oxygen atoms in total. The summed E-state index contributed by atoms with van der Waals surface area (Å²) in [6.45, 7) is 12.2. The SMILES string of the molecule is COC(=O)c1ccc(O[Si](C)(C)C(C)(C)C)c(C(=O)OC)c1C. The Morgan fingerprint density at radius 2 is 1.52 bits per heavy atom. The molecule has 0 aliphatic heterocycles. The number of benzene rings is 1. The minimum Gasteiger partial charge on any atom is -0.543 e. The fraction of sp³-hybridized carbons (Fsp3) is 0.529. The molecule has 0 amide bonds. The lowest BCUT2D eigenvalue weighted by atomic mass is 10.0. The van der Waals surface area contributed by atoms with Gasteiger partial charge in [0.2, 0.25) is 0 Å². The van der Waals surface area contributed by atoms with E-state index < -0.39 is 20.3 Å². The Morgan fingerprint density at radius 3 is 1.96 bits per heavy atom. The number of ether oxygens (including phenoxy) is 2. The summed E-state index contributed by atoms with van der Waals surface area (Å²) < 4.78 is 15.9. The van der Waals surface area contributed by atoms with E-state index in [-0.39, 0.29) is 10.6 Å². The molecule has 0 saturated heterocycles.